The molecule has 0 aromatic heterocycles. The first-order valence-corrected chi connectivity index (χ1v) is 11.5. The quantitative estimate of drug-likeness (QED) is 0.446. The fourth-order valence-corrected chi connectivity index (χ4v) is 4.30. The molecule has 1 atom stereocenters. The summed E-state index contributed by atoms with van der Waals surface area (Å²) < 4.78 is 33.9. The Morgan fingerprint density at radius 1 is 0.941 bits per heavy atom. The fraction of sp³-hybridized carbons (Fsp3) is 0.250. The minimum absolute atomic E-state index is 0.0739. The van der Waals surface area contributed by atoms with E-state index in [1.54, 1.807) is 47.4 Å². The van der Waals surface area contributed by atoms with Gasteiger partial charge in [-0.1, -0.05) is 48.5 Å². The molecule has 1 heterocycles. The summed E-state index contributed by atoms with van der Waals surface area (Å²) in [6.45, 7) is 4.66. The van der Waals surface area contributed by atoms with Crippen LogP contribution in [0.4, 0.5) is 8.78 Å². The van der Waals surface area contributed by atoms with Gasteiger partial charge in [0.15, 0.2) is 0 Å². The maximum absolute atomic E-state index is 14.7. The van der Waals surface area contributed by atoms with E-state index in [9.17, 15) is 13.6 Å². The number of carbonyl (C=O) groups excluding carboxylic acids is 1. The molecule has 0 N–H and O–H groups in total. The number of carbonyl (C=O) groups is 1. The molecular weight excluding hydrogens is 434 g/mol. The number of amides is 1. The molecule has 3 aromatic carbocycles. The Kier molecular flexibility index (Phi) is 7.70. The second-order valence-electron chi connectivity index (χ2n) is 8.14. The van der Waals surface area contributed by atoms with Crippen molar-refractivity contribution >= 4 is 12.0 Å². The summed E-state index contributed by atoms with van der Waals surface area (Å²) in [5.74, 6) is 0.0384. The summed E-state index contributed by atoms with van der Waals surface area (Å²) in [6.07, 6.45) is 3.35. The topological polar surface area (TPSA) is 32.8 Å². The first kappa shape index (κ1) is 23.6. The van der Waals surface area contributed by atoms with Crippen LogP contribution in [0.3, 0.4) is 0 Å². The van der Waals surface area contributed by atoms with Crippen LogP contribution in [0, 0.1) is 11.6 Å². The second-order valence-corrected chi connectivity index (χ2v) is 8.14. The Morgan fingerprint density at radius 3 is 2.32 bits per heavy atom. The lowest BCUT2D eigenvalue weighted by Gasteiger charge is -2.39. The first-order chi connectivity index (χ1) is 16.6. The van der Waals surface area contributed by atoms with Crippen molar-refractivity contribution in [1.82, 2.24) is 9.80 Å². The van der Waals surface area contributed by atoms with Crippen molar-refractivity contribution in [3.8, 4) is 5.75 Å². The Balaban J connectivity index is 1.47. The van der Waals surface area contributed by atoms with E-state index in [2.05, 4.69) is 4.90 Å². The Morgan fingerprint density at radius 2 is 1.62 bits per heavy atom. The predicted octanol–water partition coefficient (Wildman–Crippen LogP) is 5.31. The third kappa shape index (κ3) is 5.51. The van der Waals surface area contributed by atoms with E-state index in [-0.39, 0.29) is 23.6 Å². The molecule has 1 aliphatic heterocycles. The summed E-state index contributed by atoms with van der Waals surface area (Å²) in [5, 5.41) is 0. The minimum Gasteiger partial charge on any atom is -0.493 e. The molecule has 1 amide bonds. The van der Waals surface area contributed by atoms with Gasteiger partial charge in [-0.25, -0.2) is 8.78 Å². The van der Waals surface area contributed by atoms with Crippen molar-refractivity contribution in [2.75, 3.05) is 32.8 Å². The van der Waals surface area contributed by atoms with Crippen LogP contribution in [0.2, 0.25) is 0 Å². The van der Waals surface area contributed by atoms with E-state index in [4.69, 9.17) is 4.74 Å². The molecule has 0 radical (unpaired) electrons. The van der Waals surface area contributed by atoms with Crippen LogP contribution in [0.15, 0.2) is 78.9 Å². The lowest BCUT2D eigenvalue weighted by Crippen LogP contribution is -2.49. The Labute approximate surface area is 199 Å². The number of rotatable bonds is 7. The van der Waals surface area contributed by atoms with Crippen LogP contribution >= 0.6 is 0 Å². The summed E-state index contributed by atoms with van der Waals surface area (Å²) in [4.78, 5) is 16.8. The van der Waals surface area contributed by atoms with E-state index >= 15 is 0 Å². The molecule has 4 rings (SSSR count). The molecule has 0 aliphatic carbocycles. The normalized spacial score (nSPS) is 15.4. The fourth-order valence-electron chi connectivity index (χ4n) is 4.30. The van der Waals surface area contributed by atoms with Gasteiger partial charge in [-0.05, 0) is 42.8 Å². The van der Waals surface area contributed by atoms with Crippen LogP contribution < -0.4 is 4.74 Å². The molecule has 0 saturated carbocycles. The van der Waals surface area contributed by atoms with E-state index in [1.807, 2.05) is 31.2 Å². The predicted molar refractivity (Wildman–Crippen MR) is 129 cm³/mol. The standard InChI is InChI=1S/C28H28F2N2O2/c1-2-34-26-10-6-3-7-21(26)13-16-27(33)31-17-19-32(20-18-31)28(22-11-14-23(29)15-12-22)24-8-4-5-9-25(24)30/h3-16,28H,2,17-20H2,1H3/b16-13+/t28-/m0/s1. The number of hydrogen-bond donors (Lipinski definition) is 0. The summed E-state index contributed by atoms with van der Waals surface area (Å²) in [5.41, 5.74) is 2.22. The van der Waals surface area contributed by atoms with Crippen LogP contribution in [0.1, 0.15) is 29.7 Å². The summed E-state index contributed by atoms with van der Waals surface area (Å²) >= 11 is 0. The van der Waals surface area contributed by atoms with E-state index in [0.717, 1.165) is 16.9 Å². The monoisotopic (exact) mass is 462 g/mol. The number of hydrogen-bond acceptors (Lipinski definition) is 3. The van der Waals surface area contributed by atoms with Gasteiger partial charge < -0.3 is 9.64 Å². The Hall–Kier alpha value is -3.51. The average Bonchev–Trinajstić information content (AvgIpc) is 2.86. The number of ether oxygens (including phenoxy) is 1. The molecule has 0 unspecified atom stereocenters. The molecular formula is C28H28F2N2O2. The van der Waals surface area contributed by atoms with Gasteiger partial charge in [-0.3, -0.25) is 9.69 Å². The van der Waals surface area contributed by atoms with E-state index < -0.39 is 0 Å². The first-order valence-electron chi connectivity index (χ1n) is 11.5. The van der Waals surface area contributed by atoms with Crippen LogP contribution in [-0.4, -0.2) is 48.5 Å². The SMILES string of the molecule is CCOc1ccccc1/C=C/C(=O)N1CCN([C@@H](c2ccc(F)cc2)c2ccccc2F)CC1. The summed E-state index contributed by atoms with van der Waals surface area (Å²) in [7, 11) is 0. The van der Waals surface area contributed by atoms with Crippen LogP contribution in [-0.2, 0) is 4.79 Å². The van der Waals surface area contributed by atoms with Crippen molar-refractivity contribution < 1.29 is 18.3 Å². The highest BCUT2D eigenvalue weighted by molar-refractivity contribution is 5.92. The van der Waals surface area contributed by atoms with Gasteiger partial charge in [0.25, 0.3) is 0 Å². The number of nitrogens with zero attached hydrogens (tertiary/aromatic N) is 2. The minimum atomic E-state index is -0.354. The van der Waals surface area contributed by atoms with Gasteiger partial charge in [0, 0.05) is 43.4 Å². The molecule has 0 spiro atoms. The Bertz CT molecular complexity index is 1140. The number of benzene rings is 3. The maximum Gasteiger partial charge on any atom is 0.246 e. The van der Waals surface area contributed by atoms with Gasteiger partial charge in [0.1, 0.15) is 17.4 Å². The van der Waals surface area contributed by atoms with Crippen molar-refractivity contribution in [3.05, 3.63) is 107 Å². The zero-order valence-corrected chi connectivity index (χ0v) is 19.2. The lowest BCUT2D eigenvalue weighted by atomic mass is 9.96. The number of halogens is 2. The highest BCUT2D eigenvalue weighted by Crippen LogP contribution is 2.31. The second kappa shape index (κ2) is 11.1. The molecule has 4 nitrogen and oxygen atoms in total. The highest BCUT2D eigenvalue weighted by atomic mass is 19.1. The van der Waals surface area contributed by atoms with E-state index in [1.165, 1.54) is 18.2 Å². The van der Waals surface area contributed by atoms with Gasteiger partial charge in [0.05, 0.1) is 12.6 Å². The van der Waals surface area contributed by atoms with Crippen LogP contribution in [0.5, 0.6) is 5.75 Å². The van der Waals surface area contributed by atoms with Crippen molar-refractivity contribution in [2.24, 2.45) is 0 Å². The van der Waals surface area contributed by atoms with Gasteiger partial charge in [-0.15, -0.1) is 0 Å². The third-order valence-electron chi connectivity index (χ3n) is 6.00. The van der Waals surface area contributed by atoms with Gasteiger partial charge in [-0.2, -0.15) is 0 Å². The smallest absolute Gasteiger partial charge is 0.246 e. The highest BCUT2D eigenvalue weighted by Gasteiger charge is 2.29. The summed E-state index contributed by atoms with van der Waals surface area (Å²) in [6, 6.07) is 20.1. The molecule has 1 saturated heterocycles. The zero-order chi connectivity index (χ0) is 23.9. The maximum atomic E-state index is 14.7. The van der Waals surface area contributed by atoms with Crippen molar-refractivity contribution in [2.45, 2.75) is 13.0 Å². The zero-order valence-electron chi connectivity index (χ0n) is 19.2. The van der Waals surface area contributed by atoms with E-state index in [0.29, 0.717) is 38.3 Å². The van der Waals surface area contributed by atoms with Crippen LogP contribution in [0.25, 0.3) is 6.08 Å². The molecule has 6 heteroatoms. The van der Waals surface area contributed by atoms with Gasteiger partial charge in [0.2, 0.25) is 5.91 Å². The van der Waals surface area contributed by atoms with Gasteiger partial charge >= 0.3 is 0 Å². The van der Waals surface area contributed by atoms with Crippen molar-refractivity contribution in [3.63, 3.8) is 0 Å². The number of para-hydroxylation sites is 1. The molecule has 34 heavy (non-hydrogen) atoms. The molecule has 3 aromatic rings. The molecule has 0 bridgehead atoms. The molecule has 1 aliphatic rings. The lowest BCUT2D eigenvalue weighted by molar-refractivity contribution is -0.127. The average molecular weight is 463 g/mol. The molecule has 1 fully saturated rings. The largest absolute Gasteiger partial charge is 0.493 e. The number of piperazine rings is 1. The third-order valence-corrected chi connectivity index (χ3v) is 6.00. The van der Waals surface area contributed by atoms with Crippen molar-refractivity contribution in [1.29, 1.82) is 0 Å². The molecule has 176 valence electrons.